The van der Waals surface area contributed by atoms with E-state index in [-0.39, 0.29) is 11.9 Å². The Kier molecular flexibility index (Phi) is 4.52. The maximum Gasteiger partial charge on any atom is 0.155 e. The zero-order valence-electron chi connectivity index (χ0n) is 9.99. The van der Waals surface area contributed by atoms with E-state index in [1.165, 1.54) is 0 Å². The first-order chi connectivity index (χ1) is 7.00. The fourth-order valence-electron chi connectivity index (χ4n) is 2.07. The van der Waals surface area contributed by atoms with Crippen LogP contribution in [0.5, 0.6) is 0 Å². The zero-order valence-corrected chi connectivity index (χ0v) is 9.99. The average molecular weight is 210 g/mol. The molecule has 1 aliphatic carbocycles. The summed E-state index contributed by atoms with van der Waals surface area (Å²) in [5.74, 6) is 0.961. The number of hydrogen-bond acceptors (Lipinski definition) is 2. The van der Waals surface area contributed by atoms with Crippen molar-refractivity contribution in [3.63, 3.8) is 0 Å². The highest BCUT2D eigenvalue weighted by Gasteiger charge is 2.22. The standard InChI is InChI=1S/C13H22O2/c1-9-4-7-13(15)11(3)10(2)5-6-12(14)8-9/h8,10-11,13,15H,4-7H2,1-3H3/b9-8-. The van der Waals surface area contributed by atoms with Crippen molar-refractivity contribution in [3.05, 3.63) is 11.6 Å². The Morgan fingerprint density at radius 3 is 2.60 bits per heavy atom. The number of ketones is 1. The minimum absolute atomic E-state index is 0.225. The van der Waals surface area contributed by atoms with Gasteiger partial charge >= 0.3 is 0 Å². The normalized spacial score (nSPS) is 38.3. The first kappa shape index (κ1) is 12.4. The molecule has 1 aliphatic rings. The summed E-state index contributed by atoms with van der Waals surface area (Å²) in [6.45, 7) is 6.18. The van der Waals surface area contributed by atoms with Gasteiger partial charge in [0.25, 0.3) is 0 Å². The summed E-state index contributed by atoms with van der Waals surface area (Å²) in [4.78, 5) is 11.5. The van der Waals surface area contributed by atoms with Crippen molar-refractivity contribution >= 4 is 5.78 Å². The van der Waals surface area contributed by atoms with Gasteiger partial charge in [-0.05, 0) is 44.1 Å². The molecule has 0 aliphatic heterocycles. The smallest absolute Gasteiger partial charge is 0.155 e. The summed E-state index contributed by atoms with van der Waals surface area (Å²) >= 11 is 0. The topological polar surface area (TPSA) is 37.3 Å². The molecule has 3 atom stereocenters. The molecule has 1 N–H and O–H groups in total. The summed E-state index contributed by atoms with van der Waals surface area (Å²) in [7, 11) is 0. The maximum atomic E-state index is 11.5. The van der Waals surface area contributed by atoms with E-state index in [1.807, 2.05) is 6.92 Å². The molecule has 0 bridgehead atoms. The van der Waals surface area contributed by atoms with Crippen molar-refractivity contribution in [1.29, 1.82) is 0 Å². The van der Waals surface area contributed by atoms with E-state index in [1.54, 1.807) is 6.08 Å². The van der Waals surface area contributed by atoms with Crippen molar-refractivity contribution in [2.24, 2.45) is 11.8 Å². The van der Waals surface area contributed by atoms with Gasteiger partial charge in [0.05, 0.1) is 6.10 Å². The first-order valence-electron chi connectivity index (χ1n) is 5.88. The van der Waals surface area contributed by atoms with E-state index in [2.05, 4.69) is 13.8 Å². The van der Waals surface area contributed by atoms with Crippen molar-refractivity contribution in [3.8, 4) is 0 Å². The zero-order chi connectivity index (χ0) is 11.4. The molecule has 0 spiro atoms. The molecule has 3 unspecified atom stereocenters. The summed E-state index contributed by atoms with van der Waals surface area (Å²) in [5.41, 5.74) is 1.10. The van der Waals surface area contributed by atoms with Gasteiger partial charge in [0.1, 0.15) is 0 Å². The van der Waals surface area contributed by atoms with E-state index in [4.69, 9.17) is 0 Å². The van der Waals surface area contributed by atoms with E-state index in [9.17, 15) is 9.90 Å². The third-order valence-corrected chi connectivity index (χ3v) is 3.59. The van der Waals surface area contributed by atoms with E-state index in [0.717, 1.165) is 24.8 Å². The number of aliphatic hydroxyl groups excluding tert-OH is 1. The monoisotopic (exact) mass is 210 g/mol. The molecule has 0 saturated heterocycles. The second-order valence-corrected chi connectivity index (χ2v) is 4.94. The molecular formula is C13H22O2. The van der Waals surface area contributed by atoms with Gasteiger partial charge in [0, 0.05) is 6.42 Å². The van der Waals surface area contributed by atoms with Gasteiger partial charge in [-0.2, -0.15) is 0 Å². The van der Waals surface area contributed by atoms with Gasteiger partial charge in [-0.25, -0.2) is 0 Å². The summed E-state index contributed by atoms with van der Waals surface area (Å²) in [5, 5.41) is 9.94. The first-order valence-corrected chi connectivity index (χ1v) is 5.88. The van der Waals surface area contributed by atoms with Crippen molar-refractivity contribution < 1.29 is 9.90 Å². The predicted molar refractivity (Wildman–Crippen MR) is 61.6 cm³/mol. The van der Waals surface area contributed by atoms with Crippen molar-refractivity contribution in [2.45, 2.75) is 52.6 Å². The lowest BCUT2D eigenvalue weighted by Gasteiger charge is -2.25. The molecular weight excluding hydrogens is 188 g/mol. The Morgan fingerprint density at radius 2 is 1.93 bits per heavy atom. The molecule has 0 fully saturated rings. The second kappa shape index (κ2) is 5.45. The van der Waals surface area contributed by atoms with E-state index < -0.39 is 0 Å². The Hall–Kier alpha value is -0.630. The molecule has 2 nitrogen and oxygen atoms in total. The summed E-state index contributed by atoms with van der Waals surface area (Å²) in [6.07, 6.45) is 4.65. The van der Waals surface area contributed by atoms with Crippen LogP contribution in [0.1, 0.15) is 46.5 Å². The predicted octanol–water partition coefficient (Wildman–Crippen LogP) is 2.71. The number of hydrogen-bond donors (Lipinski definition) is 1. The number of rotatable bonds is 0. The lowest BCUT2D eigenvalue weighted by atomic mass is 9.83. The molecule has 2 heteroatoms. The van der Waals surface area contributed by atoms with Crippen LogP contribution in [0, 0.1) is 11.8 Å². The molecule has 0 aromatic rings. The number of carbonyl (C=O) groups excluding carboxylic acids is 1. The largest absolute Gasteiger partial charge is 0.393 e. The second-order valence-electron chi connectivity index (χ2n) is 4.94. The molecule has 15 heavy (non-hydrogen) atoms. The summed E-state index contributed by atoms with van der Waals surface area (Å²) < 4.78 is 0. The SMILES string of the molecule is C/C1=C/C(=O)CCC(C)C(C)C(O)CC1. The highest BCUT2D eigenvalue weighted by Crippen LogP contribution is 2.25. The van der Waals surface area contributed by atoms with Crippen LogP contribution in [0.25, 0.3) is 0 Å². The minimum atomic E-state index is -0.225. The molecule has 0 aromatic heterocycles. The van der Waals surface area contributed by atoms with Crippen LogP contribution in [0.2, 0.25) is 0 Å². The highest BCUT2D eigenvalue weighted by molar-refractivity contribution is 5.90. The molecule has 0 aromatic carbocycles. The van der Waals surface area contributed by atoms with Gasteiger partial charge in [-0.3, -0.25) is 4.79 Å². The number of allylic oxidation sites excluding steroid dienone is 2. The van der Waals surface area contributed by atoms with Gasteiger partial charge in [0.15, 0.2) is 5.78 Å². The lowest BCUT2D eigenvalue weighted by molar-refractivity contribution is -0.115. The van der Waals surface area contributed by atoms with Crippen LogP contribution in [0.15, 0.2) is 11.6 Å². The Bertz CT molecular complexity index is 255. The third-order valence-electron chi connectivity index (χ3n) is 3.59. The van der Waals surface area contributed by atoms with Gasteiger partial charge < -0.3 is 5.11 Å². The highest BCUT2D eigenvalue weighted by atomic mass is 16.3. The van der Waals surface area contributed by atoms with E-state index >= 15 is 0 Å². The van der Waals surface area contributed by atoms with Crippen LogP contribution < -0.4 is 0 Å². The van der Waals surface area contributed by atoms with Crippen molar-refractivity contribution in [1.82, 2.24) is 0 Å². The van der Waals surface area contributed by atoms with Crippen LogP contribution in [0.4, 0.5) is 0 Å². The number of carbonyl (C=O) groups is 1. The maximum absolute atomic E-state index is 11.5. The van der Waals surface area contributed by atoms with Crippen LogP contribution >= 0.6 is 0 Å². The number of aliphatic hydroxyl groups is 1. The Labute approximate surface area is 92.4 Å². The Balaban J connectivity index is 2.71. The van der Waals surface area contributed by atoms with Crippen LogP contribution in [0.3, 0.4) is 0 Å². The third kappa shape index (κ3) is 3.78. The molecule has 1 rings (SSSR count). The van der Waals surface area contributed by atoms with Gasteiger partial charge in [-0.15, -0.1) is 0 Å². The molecule has 0 heterocycles. The fourth-order valence-corrected chi connectivity index (χ4v) is 2.07. The van der Waals surface area contributed by atoms with E-state index in [0.29, 0.717) is 18.3 Å². The summed E-state index contributed by atoms with van der Waals surface area (Å²) in [6, 6.07) is 0. The molecule has 0 saturated carbocycles. The Morgan fingerprint density at radius 1 is 1.27 bits per heavy atom. The molecule has 0 radical (unpaired) electrons. The molecule has 86 valence electrons. The molecule has 0 amide bonds. The van der Waals surface area contributed by atoms with Gasteiger partial charge in [0.2, 0.25) is 0 Å². The van der Waals surface area contributed by atoms with Crippen molar-refractivity contribution in [2.75, 3.05) is 0 Å². The van der Waals surface area contributed by atoms with Crippen LogP contribution in [-0.2, 0) is 4.79 Å². The average Bonchev–Trinajstić information content (AvgIpc) is 2.20. The van der Waals surface area contributed by atoms with Gasteiger partial charge in [-0.1, -0.05) is 19.4 Å². The quantitative estimate of drug-likeness (QED) is 0.667. The minimum Gasteiger partial charge on any atom is -0.393 e. The fraction of sp³-hybridized carbons (Fsp3) is 0.769. The van der Waals surface area contributed by atoms with Crippen LogP contribution in [-0.4, -0.2) is 17.0 Å². The lowest BCUT2D eigenvalue weighted by Crippen LogP contribution is -2.25.